The summed E-state index contributed by atoms with van der Waals surface area (Å²) in [4.78, 5) is 29.8. The maximum atomic E-state index is 14.1. The molecule has 2 amide bonds. The highest BCUT2D eigenvalue weighted by Crippen LogP contribution is 2.37. The van der Waals surface area contributed by atoms with E-state index < -0.39 is 5.54 Å². The number of carbonyl (C=O) groups is 2. The minimum Gasteiger partial charge on any atom is -0.494 e. The Labute approximate surface area is 211 Å². The summed E-state index contributed by atoms with van der Waals surface area (Å²) in [6.45, 7) is 9.65. The highest BCUT2D eigenvalue weighted by molar-refractivity contribution is 7.17. The number of para-hydroxylation sites is 1. The van der Waals surface area contributed by atoms with Gasteiger partial charge in [-0.2, -0.15) is 0 Å². The Kier molecular flexibility index (Phi) is 6.38. The van der Waals surface area contributed by atoms with Crippen LogP contribution in [0.3, 0.4) is 0 Å². The third-order valence-electron chi connectivity index (χ3n) is 8.16. The summed E-state index contributed by atoms with van der Waals surface area (Å²) in [5, 5.41) is 5.41. The van der Waals surface area contributed by atoms with Gasteiger partial charge >= 0.3 is 0 Å². The standard InChI is InChI=1S/C28H35N3O3S/c1-5-34-24-12-7-6-10-20(24)16-31-26(32)23-15-25-22(13-14-35-25)30(23)17-28(31,4)27(33)29-21-11-8-9-18(2)19(21)3/h6-7,10,12-15,18-19,21H,5,8-9,11,16-17H2,1-4H3,(H,29,33)/t18-,19+,21+,28+/m0/s1. The lowest BCUT2D eigenvalue weighted by Crippen LogP contribution is -2.65. The monoisotopic (exact) mass is 493 g/mol. The molecule has 7 heteroatoms. The summed E-state index contributed by atoms with van der Waals surface area (Å²) in [6.07, 6.45) is 3.30. The van der Waals surface area contributed by atoms with Crippen molar-refractivity contribution in [3.63, 3.8) is 0 Å². The van der Waals surface area contributed by atoms with Gasteiger partial charge in [-0.15, -0.1) is 11.3 Å². The van der Waals surface area contributed by atoms with Gasteiger partial charge in [0.05, 0.1) is 29.9 Å². The number of hydrogen-bond acceptors (Lipinski definition) is 4. The van der Waals surface area contributed by atoms with E-state index in [1.165, 1.54) is 6.42 Å². The number of benzene rings is 1. The maximum Gasteiger partial charge on any atom is 0.271 e. The van der Waals surface area contributed by atoms with E-state index in [2.05, 4.69) is 19.2 Å². The molecule has 6 nitrogen and oxygen atoms in total. The topological polar surface area (TPSA) is 63.6 Å². The number of ether oxygens (including phenoxy) is 1. The lowest BCUT2D eigenvalue weighted by Gasteiger charge is -2.45. The Hall–Kier alpha value is -2.80. The molecule has 0 radical (unpaired) electrons. The maximum absolute atomic E-state index is 14.1. The second kappa shape index (κ2) is 9.34. The van der Waals surface area contributed by atoms with E-state index in [9.17, 15) is 9.59 Å². The Morgan fingerprint density at radius 1 is 1.23 bits per heavy atom. The molecule has 1 aromatic carbocycles. The minimum absolute atomic E-state index is 0.0755. The molecule has 1 aliphatic carbocycles. The van der Waals surface area contributed by atoms with Crippen molar-refractivity contribution in [3.8, 4) is 5.75 Å². The van der Waals surface area contributed by atoms with Crippen LogP contribution in [0.5, 0.6) is 5.75 Å². The average molecular weight is 494 g/mol. The number of thiophene rings is 1. The van der Waals surface area contributed by atoms with Crippen LogP contribution in [0.4, 0.5) is 0 Å². The zero-order valence-electron chi connectivity index (χ0n) is 21.0. The van der Waals surface area contributed by atoms with Gasteiger partial charge in [-0.25, -0.2) is 0 Å². The fourth-order valence-corrected chi connectivity index (χ4v) is 6.55. The fourth-order valence-electron chi connectivity index (χ4n) is 5.73. The summed E-state index contributed by atoms with van der Waals surface area (Å²) in [6, 6.07) is 11.9. The number of hydrogen-bond donors (Lipinski definition) is 1. The molecule has 1 N–H and O–H groups in total. The molecule has 3 heterocycles. The second-order valence-electron chi connectivity index (χ2n) is 10.3. The highest BCUT2D eigenvalue weighted by Gasteiger charge is 2.49. The Balaban J connectivity index is 1.53. The van der Waals surface area contributed by atoms with Gasteiger partial charge in [0.1, 0.15) is 17.0 Å². The molecule has 1 aliphatic heterocycles. The molecule has 0 unspecified atom stereocenters. The fraction of sp³-hybridized carbons (Fsp3) is 0.500. The summed E-state index contributed by atoms with van der Waals surface area (Å²) in [7, 11) is 0. The lowest BCUT2D eigenvalue weighted by atomic mass is 9.77. The number of nitrogens with zero attached hydrogens (tertiary/aromatic N) is 2. The Morgan fingerprint density at radius 3 is 2.83 bits per heavy atom. The predicted octanol–water partition coefficient (Wildman–Crippen LogP) is 5.46. The number of amides is 2. The van der Waals surface area contributed by atoms with E-state index in [1.807, 2.05) is 60.2 Å². The molecule has 2 aromatic heterocycles. The molecule has 1 fully saturated rings. The molecule has 186 valence electrons. The van der Waals surface area contributed by atoms with E-state index in [0.29, 0.717) is 37.2 Å². The van der Waals surface area contributed by atoms with Crippen LogP contribution in [0.2, 0.25) is 0 Å². The van der Waals surface area contributed by atoms with Gasteiger partial charge in [0.2, 0.25) is 5.91 Å². The molecule has 0 saturated heterocycles. The first-order valence-corrected chi connectivity index (χ1v) is 13.6. The normalized spacial score (nSPS) is 26.6. The van der Waals surface area contributed by atoms with E-state index >= 15 is 0 Å². The second-order valence-corrected chi connectivity index (χ2v) is 11.3. The van der Waals surface area contributed by atoms with Gasteiger partial charge in [-0.05, 0) is 55.7 Å². The van der Waals surface area contributed by atoms with Crippen molar-refractivity contribution in [2.75, 3.05) is 6.61 Å². The smallest absolute Gasteiger partial charge is 0.271 e. The van der Waals surface area contributed by atoms with Crippen molar-refractivity contribution in [1.29, 1.82) is 0 Å². The molecule has 0 spiro atoms. The van der Waals surface area contributed by atoms with Crippen LogP contribution < -0.4 is 10.1 Å². The first-order chi connectivity index (χ1) is 16.8. The SMILES string of the molecule is CCOc1ccccc1CN1C(=O)c2cc3sccc3n2C[C@]1(C)C(=O)N[C@@H]1CCC[C@H](C)[C@H]1C. The molecule has 1 saturated carbocycles. The molecular weight excluding hydrogens is 458 g/mol. The number of fused-ring (bicyclic) bond motifs is 3. The molecule has 4 atom stereocenters. The summed E-state index contributed by atoms with van der Waals surface area (Å²) in [5.74, 6) is 1.54. The van der Waals surface area contributed by atoms with E-state index in [1.54, 1.807) is 16.2 Å². The van der Waals surface area contributed by atoms with E-state index in [4.69, 9.17) is 4.74 Å². The van der Waals surface area contributed by atoms with Crippen molar-refractivity contribution in [1.82, 2.24) is 14.8 Å². The van der Waals surface area contributed by atoms with Crippen LogP contribution >= 0.6 is 11.3 Å². The van der Waals surface area contributed by atoms with Gasteiger partial charge in [0.25, 0.3) is 5.91 Å². The number of aromatic nitrogens is 1. The van der Waals surface area contributed by atoms with Gasteiger partial charge in [-0.3, -0.25) is 9.59 Å². The Morgan fingerprint density at radius 2 is 2.03 bits per heavy atom. The third-order valence-corrected chi connectivity index (χ3v) is 9.02. The molecule has 3 aromatic rings. The molecule has 35 heavy (non-hydrogen) atoms. The highest BCUT2D eigenvalue weighted by atomic mass is 32.1. The molecular formula is C28H35N3O3S. The zero-order chi connectivity index (χ0) is 24.7. The first-order valence-electron chi connectivity index (χ1n) is 12.7. The molecule has 5 rings (SSSR count). The molecule has 2 aliphatic rings. The average Bonchev–Trinajstić information content (AvgIpc) is 3.43. The quantitative estimate of drug-likeness (QED) is 0.496. The number of rotatable bonds is 6. The largest absolute Gasteiger partial charge is 0.494 e. The van der Waals surface area contributed by atoms with Crippen LogP contribution in [0, 0.1) is 11.8 Å². The third kappa shape index (κ3) is 4.14. The number of carbonyl (C=O) groups excluding carboxylic acids is 2. The van der Waals surface area contributed by atoms with Gasteiger partial charge < -0.3 is 19.5 Å². The van der Waals surface area contributed by atoms with Gasteiger partial charge in [0.15, 0.2) is 0 Å². The first kappa shape index (κ1) is 23.9. The van der Waals surface area contributed by atoms with E-state index in [0.717, 1.165) is 34.4 Å². The van der Waals surface area contributed by atoms with Crippen molar-refractivity contribution in [3.05, 3.63) is 53.0 Å². The minimum atomic E-state index is -1.03. The van der Waals surface area contributed by atoms with Crippen molar-refractivity contribution < 1.29 is 14.3 Å². The lowest BCUT2D eigenvalue weighted by molar-refractivity contribution is -0.134. The van der Waals surface area contributed by atoms with Crippen LogP contribution in [0.15, 0.2) is 41.8 Å². The van der Waals surface area contributed by atoms with Crippen LogP contribution in [0.25, 0.3) is 10.2 Å². The Bertz CT molecular complexity index is 1250. The zero-order valence-corrected chi connectivity index (χ0v) is 21.9. The van der Waals surface area contributed by atoms with Crippen LogP contribution in [-0.4, -0.2) is 39.5 Å². The van der Waals surface area contributed by atoms with Crippen LogP contribution in [0.1, 0.15) is 63.0 Å². The summed E-state index contributed by atoms with van der Waals surface area (Å²) < 4.78 is 8.96. The molecule has 0 bridgehead atoms. The van der Waals surface area contributed by atoms with Crippen molar-refractivity contribution in [2.45, 2.75) is 71.6 Å². The predicted molar refractivity (Wildman–Crippen MR) is 140 cm³/mol. The summed E-state index contributed by atoms with van der Waals surface area (Å²) in [5.41, 5.74) is 1.54. The van der Waals surface area contributed by atoms with Crippen molar-refractivity contribution >= 4 is 33.4 Å². The van der Waals surface area contributed by atoms with Gasteiger partial charge in [-0.1, -0.05) is 44.9 Å². The van der Waals surface area contributed by atoms with E-state index in [-0.39, 0.29) is 17.9 Å². The van der Waals surface area contributed by atoms with Crippen molar-refractivity contribution in [2.24, 2.45) is 11.8 Å². The summed E-state index contributed by atoms with van der Waals surface area (Å²) >= 11 is 1.62. The number of nitrogens with one attached hydrogen (secondary N) is 1. The van der Waals surface area contributed by atoms with Crippen LogP contribution in [-0.2, 0) is 17.9 Å². The van der Waals surface area contributed by atoms with Gasteiger partial charge in [0, 0.05) is 11.6 Å².